The average Bonchev–Trinajstić information content (AvgIpc) is 2.59. The van der Waals surface area contributed by atoms with Crippen LogP contribution in [0.3, 0.4) is 0 Å². The second-order valence-electron chi connectivity index (χ2n) is 5.98. The molecule has 3 aromatic rings. The van der Waals surface area contributed by atoms with E-state index in [2.05, 4.69) is 4.98 Å². The van der Waals surface area contributed by atoms with Crippen molar-refractivity contribution in [2.24, 2.45) is 0 Å². The molecule has 7 heteroatoms. The lowest BCUT2D eigenvalue weighted by molar-refractivity contribution is -0.119. The number of halogens is 1. The molecule has 0 unspecified atom stereocenters. The molecule has 1 aromatic heterocycles. The number of fused-ring (bicyclic) bond motifs is 1. The van der Waals surface area contributed by atoms with E-state index in [-0.39, 0.29) is 18.0 Å². The van der Waals surface area contributed by atoms with Gasteiger partial charge in [-0.15, -0.1) is 0 Å². The number of hydrogen-bond donors (Lipinski definition) is 1. The van der Waals surface area contributed by atoms with Crippen molar-refractivity contribution in [2.45, 2.75) is 20.4 Å². The molecule has 3 rings (SSSR count). The predicted molar refractivity (Wildman–Crippen MR) is 98.0 cm³/mol. The van der Waals surface area contributed by atoms with E-state index in [1.165, 1.54) is 17.0 Å². The normalized spacial score (nSPS) is 10.9. The Bertz CT molecular complexity index is 1100. The number of hydrogen-bond acceptors (Lipinski definition) is 3. The van der Waals surface area contributed by atoms with E-state index in [0.29, 0.717) is 17.7 Å². The van der Waals surface area contributed by atoms with Gasteiger partial charge in [-0.3, -0.25) is 19.0 Å². The van der Waals surface area contributed by atoms with Gasteiger partial charge in [0.05, 0.1) is 11.0 Å². The molecule has 0 radical (unpaired) electrons. The first-order chi connectivity index (χ1) is 12.4. The van der Waals surface area contributed by atoms with Crippen molar-refractivity contribution in [3.63, 3.8) is 0 Å². The van der Waals surface area contributed by atoms with E-state index < -0.39 is 16.9 Å². The lowest BCUT2D eigenvalue weighted by atomic mass is 10.2. The minimum absolute atomic E-state index is 0.168. The van der Waals surface area contributed by atoms with Crippen LogP contribution in [0.25, 0.3) is 11.0 Å². The third-order valence-corrected chi connectivity index (χ3v) is 4.16. The summed E-state index contributed by atoms with van der Waals surface area (Å²) in [4.78, 5) is 40.8. The monoisotopic (exact) mass is 355 g/mol. The third kappa shape index (κ3) is 3.28. The molecular weight excluding hydrogens is 337 g/mol. The van der Waals surface area contributed by atoms with Gasteiger partial charge in [0.1, 0.15) is 12.4 Å². The molecule has 0 spiro atoms. The Morgan fingerprint density at radius 3 is 2.65 bits per heavy atom. The zero-order valence-corrected chi connectivity index (χ0v) is 14.5. The van der Waals surface area contributed by atoms with Crippen LogP contribution in [0.1, 0.15) is 12.5 Å². The maximum Gasteiger partial charge on any atom is 0.317 e. The van der Waals surface area contributed by atoms with Crippen LogP contribution in [0.4, 0.5) is 10.1 Å². The van der Waals surface area contributed by atoms with Crippen LogP contribution in [0.5, 0.6) is 0 Å². The first-order valence-electron chi connectivity index (χ1n) is 8.20. The minimum Gasteiger partial charge on any atom is -0.316 e. The Labute approximate surface area is 148 Å². The van der Waals surface area contributed by atoms with Crippen molar-refractivity contribution < 1.29 is 9.18 Å². The largest absolute Gasteiger partial charge is 0.317 e. The van der Waals surface area contributed by atoms with E-state index in [4.69, 9.17) is 0 Å². The molecule has 0 saturated carbocycles. The summed E-state index contributed by atoms with van der Waals surface area (Å²) in [5.74, 6) is -0.879. The van der Waals surface area contributed by atoms with Crippen molar-refractivity contribution in [1.29, 1.82) is 0 Å². The maximum absolute atomic E-state index is 13.4. The summed E-state index contributed by atoms with van der Waals surface area (Å²) in [6, 6.07) is 11.1. The number of aromatic amines is 1. The number of carbonyl (C=O) groups excluding carboxylic acids is 1. The van der Waals surface area contributed by atoms with Crippen molar-refractivity contribution in [2.75, 3.05) is 11.4 Å². The SMILES string of the molecule is CCN(C(=O)Cn1c(=O)c(=O)[nH]c2cc(F)ccc21)c1cccc(C)c1. The fraction of sp³-hybridized carbons (Fsp3) is 0.211. The van der Waals surface area contributed by atoms with Crippen LogP contribution in [0, 0.1) is 12.7 Å². The smallest absolute Gasteiger partial charge is 0.316 e. The number of aromatic nitrogens is 2. The number of anilines is 1. The number of nitrogens with zero attached hydrogens (tertiary/aromatic N) is 2. The van der Waals surface area contributed by atoms with Gasteiger partial charge in [0.25, 0.3) is 0 Å². The van der Waals surface area contributed by atoms with E-state index in [1.54, 1.807) is 0 Å². The predicted octanol–water partition coefficient (Wildman–Crippen LogP) is 2.19. The maximum atomic E-state index is 13.4. The molecule has 1 heterocycles. The molecule has 1 N–H and O–H groups in total. The van der Waals surface area contributed by atoms with Gasteiger partial charge in [0.15, 0.2) is 0 Å². The highest BCUT2D eigenvalue weighted by Gasteiger charge is 2.18. The molecule has 6 nitrogen and oxygen atoms in total. The van der Waals surface area contributed by atoms with Crippen molar-refractivity contribution >= 4 is 22.6 Å². The van der Waals surface area contributed by atoms with Gasteiger partial charge in [-0.25, -0.2) is 4.39 Å². The molecule has 0 saturated heterocycles. The highest BCUT2D eigenvalue weighted by atomic mass is 19.1. The fourth-order valence-electron chi connectivity index (χ4n) is 2.93. The molecule has 0 aliphatic heterocycles. The number of likely N-dealkylation sites (N-methyl/N-ethyl adjacent to an activating group) is 1. The number of rotatable bonds is 4. The first kappa shape index (κ1) is 17.6. The van der Waals surface area contributed by atoms with Crippen LogP contribution in [0.15, 0.2) is 52.1 Å². The van der Waals surface area contributed by atoms with Crippen LogP contribution in [-0.2, 0) is 11.3 Å². The van der Waals surface area contributed by atoms with E-state index >= 15 is 0 Å². The quantitative estimate of drug-likeness (QED) is 0.729. The Hall–Kier alpha value is -3.22. The second kappa shape index (κ2) is 6.95. The van der Waals surface area contributed by atoms with Crippen LogP contribution >= 0.6 is 0 Å². The van der Waals surface area contributed by atoms with Gasteiger partial charge in [-0.1, -0.05) is 12.1 Å². The van der Waals surface area contributed by atoms with Gasteiger partial charge >= 0.3 is 11.1 Å². The molecule has 1 amide bonds. The van der Waals surface area contributed by atoms with E-state index in [0.717, 1.165) is 16.2 Å². The Balaban J connectivity index is 2.05. The summed E-state index contributed by atoms with van der Waals surface area (Å²) in [7, 11) is 0. The van der Waals surface area contributed by atoms with Crippen LogP contribution in [0.2, 0.25) is 0 Å². The Morgan fingerprint density at radius 2 is 1.96 bits per heavy atom. The topological polar surface area (TPSA) is 75.2 Å². The van der Waals surface area contributed by atoms with Crippen LogP contribution in [-0.4, -0.2) is 22.0 Å². The highest BCUT2D eigenvalue weighted by molar-refractivity contribution is 5.94. The van der Waals surface area contributed by atoms with Crippen molar-refractivity contribution in [3.05, 3.63) is 74.6 Å². The Morgan fingerprint density at radius 1 is 1.19 bits per heavy atom. The third-order valence-electron chi connectivity index (χ3n) is 4.16. The average molecular weight is 355 g/mol. The number of nitrogens with one attached hydrogen (secondary N) is 1. The Kier molecular flexibility index (Phi) is 4.71. The number of carbonyl (C=O) groups is 1. The van der Waals surface area contributed by atoms with E-state index in [9.17, 15) is 18.8 Å². The van der Waals surface area contributed by atoms with Gasteiger partial charge in [-0.05, 0) is 49.7 Å². The summed E-state index contributed by atoms with van der Waals surface area (Å²) in [5, 5.41) is 0. The molecular formula is C19H18FN3O3. The lowest BCUT2D eigenvalue weighted by Crippen LogP contribution is -2.41. The summed E-state index contributed by atoms with van der Waals surface area (Å²) in [6.45, 7) is 3.85. The van der Waals surface area contributed by atoms with Crippen molar-refractivity contribution in [1.82, 2.24) is 9.55 Å². The van der Waals surface area contributed by atoms with Gasteiger partial charge in [-0.2, -0.15) is 0 Å². The summed E-state index contributed by atoms with van der Waals surface area (Å²) >= 11 is 0. The summed E-state index contributed by atoms with van der Waals surface area (Å²) in [5.41, 5.74) is 0.437. The number of aryl methyl sites for hydroxylation is 1. The fourth-order valence-corrected chi connectivity index (χ4v) is 2.93. The molecule has 0 fully saturated rings. The number of amides is 1. The van der Waals surface area contributed by atoms with Crippen LogP contribution < -0.4 is 16.0 Å². The number of H-pyrrole nitrogens is 1. The van der Waals surface area contributed by atoms with Crippen molar-refractivity contribution in [3.8, 4) is 0 Å². The summed E-state index contributed by atoms with van der Waals surface area (Å²) in [6.07, 6.45) is 0. The molecule has 0 aliphatic rings. The first-order valence-corrected chi connectivity index (χ1v) is 8.20. The zero-order chi connectivity index (χ0) is 18.8. The second-order valence-corrected chi connectivity index (χ2v) is 5.98. The molecule has 2 aromatic carbocycles. The molecule has 134 valence electrons. The summed E-state index contributed by atoms with van der Waals surface area (Å²) < 4.78 is 14.5. The zero-order valence-electron chi connectivity index (χ0n) is 14.5. The standard InChI is InChI=1S/C19H18FN3O3/c1-3-22(14-6-4-5-12(2)9-14)17(24)11-23-16-8-7-13(20)10-15(16)21-18(25)19(23)26/h4-10H,3,11H2,1-2H3,(H,21,25). The molecule has 0 atom stereocenters. The van der Waals surface area contributed by atoms with E-state index in [1.807, 2.05) is 38.1 Å². The van der Waals surface area contributed by atoms with Gasteiger partial charge in [0, 0.05) is 12.2 Å². The number of benzene rings is 2. The molecule has 0 aliphatic carbocycles. The molecule has 0 bridgehead atoms. The van der Waals surface area contributed by atoms with Gasteiger partial charge < -0.3 is 9.88 Å². The lowest BCUT2D eigenvalue weighted by Gasteiger charge is -2.22. The highest BCUT2D eigenvalue weighted by Crippen LogP contribution is 2.17. The van der Waals surface area contributed by atoms with Gasteiger partial charge in [0.2, 0.25) is 5.91 Å². The molecule has 26 heavy (non-hydrogen) atoms. The minimum atomic E-state index is -0.894.